The van der Waals surface area contributed by atoms with Crippen LogP contribution in [0.3, 0.4) is 0 Å². The number of anilines is 2. The van der Waals surface area contributed by atoms with Gasteiger partial charge in [0.1, 0.15) is 12.3 Å². The van der Waals surface area contributed by atoms with Crippen LogP contribution in [0.4, 0.5) is 11.4 Å². The molecule has 4 saturated carbocycles. The van der Waals surface area contributed by atoms with E-state index < -0.39 is 10.0 Å². The Labute approximate surface area is 202 Å². The van der Waals surface area contributed by atoms with Crippen molar-refractivity contribution in [3.05, 3.63) is 54.1 Å². The van der Waals surface area contributed by atoms with Gasteiger partial charge in [0, 0.05) is 5.69 Å². The maximum Gasteiger partial charge on any atom is 0.245 e. The summed E-state index contributed by atoms with van der Waals surface area (Å²) in [7, 11) is -3.62. The summed E-state index contributed by atoms with van der Waals surface area (Å²) in [6.07, 6.45) is 9.11. The maximum atomic E-state index is 12.7. The van der Waals surface area contributed by atoms with E-state index in [2.05, 4.69) is 17.4 Å². The van der Waals surface area contributed by atoms with Crippen molar-refractivity contribution in [2.24, 2.45) is 17.8 Å². The molecule has 2 aromatic rings. The molecule has 6 nitrogen and oxygen atoms in total. The monoisotopic (exact) mass is 482 g/mol. The molecule has 6 rings (SSSR count). The normalized spacial score (nSPS) is 27.4. The average Bonchev–Trinajstić information content (AvgIpc) is 2.77. The van der Waals surface area contributed by atoms with Gasteiger partial charge in [0.05, 0.1) is 18.6 Å². The lowest BCUT2D eigenvalue weighted by Crippen LogP contribution is -2.48. The summed E-state index contributed by atoms with van der Waals surface area (Å²) in [5.74, 6) is 2.89. The van der Waals surface area contributed by atoms with Crippen LogP contribution in [0.25, 0.3) is 0 Å². The van der Waals surface area contributed by atoms with E-state index in [4.69, 9.17) is 4.74 Å². The third-order valence-electron chi connectivity index (χ3n) is 7.94. The number of carbonyl (C=O) groups is 1. The highest BCUT2D eigenvalue weighted by Crippen LogP contribution is 2.60. The van der Waals surface area contributed by atoms with E-state index in [9.17, 15) is 13.2 Å². The lowest BCUT2D eigenvalue weighted by Gasteiger charge is -2.57. The molecule has 0 atom stereocenters. The van der Waals surface area contributed by atoms with Gasteiger partial charge < -0.3 is 10.1 Å². The van der Waals surface area contributed by atoms with Crippen molar-refractivity contribution >= 4 is 27.3 Å². The van der Waals surface area contributed by atoms with E-state index in [0.29, 0.717) is 18.0 Å². The van der Waals surface area contributed by atoms with Gasteiger partial charge in [-0.05, 0) is 111 Å². The minimum absolute atomic E-state index is 0.258. The Bertz CT molecular complexity index is 1110. The topological polar surface area (TPSA) is 75.7 Å². The second kappa shape index (κ2) is 8.91. The number of sulfonamides is 1. The minimum atomic E-state index is -3.62. The fourth-order valence-electron chi connectivity index (χ4n) is 6.98. The van der Waals surface area contributed by atoms with Crippen molar-refractivity contribution in [1.29, 1.82) is 0 Å². The fraction of sp³-hybridized carbons (Fsp3) is 0.519. The Hall–Kier alpha value is -2.54. The number of nitrogens with one attached hydrogen (secondary N) is 1. The first kappa shape index (κ1) is 23.2. The quantitative estimate of drug-likeness (QED) is 0.577. The first-order valence-electron chi connectivity index (χ1n) is 12.3. The molecule has 7 heteroatoms. The molecule has 0 aliphatic heterocycles. The Kier molecular flexibility index (Phi) is 6.09. The molecule has 0 radical (unpaired) electrons. The zero-order chi connectivity index (χ0) is 23.9. The molecule has 1 N–H and O–H groups in total. The van der Waals surface area contributed by atoms with E-state index in [0.717, 1.165) is 29.8 Å². The standard InChI is InChI=1S/C27H34N2O4S/c1-3-33-25-10-6-23(7-11-25)28-26(30)18-29(34(2,31)32)24-8-4-22(5-9-24)27-15-19-12-20(16-27)14-21(13-19)17-27/h4-11,19-21H,3,12-18H2,1-2H3,(H,28,30). The molecule has 0 unspecified atom stereocenters. The molecule has 2 aromatic carbocycles. The molecular weight excluding hydrogens is 448 g/mol. The van der Waals surface area contributed by atoms with Crippen molar-refractivity contribution in [3.63, 3.8) is 0 Å². The molecule has 182 valence electrons. The second-order valence-electron chi connectivity index (χ2n) is 10.5. The highest BCUT2D eigenvalue weighted by molar-refractivity contribution is 7.92. The second-order valence-corrected chi connectivity index (χ2v) is 12.4. The van der Waals surface area contributed by atoms with Crippen molar-refractivity contribution in [2.75, 3.05) is 29.0 Å². The maximum absolute atomic E-state index is 12.7. The molecular formula is C27H34N2O4S. The van der Waals surface area contributed by atoms with Gasteiger partial charge in [-0.1, -0.05) is 12.1 Å². The molecule has 0 aromatic heterocycles. The van der Waals surface area contributed by atoms with Crippen LogP contribution in [-0.2, 0) is 20.2 Å². The largest absolute Gasteiger partial charge is 0.494 e. The number of rotatable bonds is 8. The van der Waals surface area contributed by atoms with Gasteiger partial charge in [0.2, 0.25) is 15.9 Å². The third-order valence-corrected chi connectivity index (χ3v) is 9.08. The lowest BCUT2D eigenvalue weighted by molar-refractivity contribution is -0.114. The first-order chi connectivity index (χ1) is 16.2. The number of ether oxygens (including phenoxy) is 1. The molecule has 0 saturated heterocycles. The predicted octanol–water partition coefficient (Wildman–Crippen LogP) is 4.96. The fourth-order valence-corrected chi connectivity index (χ4v) is 7.83. The molecule has 0 heterocycles. The summed E-state index contributed by atoms with van der Waals surface area (Å²) in [5.41, 5.74) is 2.72. The van der Waals surface area contributed by atoms with Gasteiger partial charge in [-0.25, -0.2) is 8.42 Å². The van der Waals surface area contributed by atoms with Gasteiger partial charge in [-0.2, -0.15) is 0 Å². The number of hydrogen-bond donors (Lipinski definition) is 1. The summed E-state index contributed by atoms with van der Waals surface area (Å²) >= 11 is 0. The predicted molar refractivity (Wildman–Crippen MR) is 135 cm³/mol. The zero-order valence-corrected chi connectivity index (χ0v) is 20.8. The number of hydrogen-bond acceptors (Lipinski definition) is 4. The van der Waals surface area contributed by atoms with Gasteiger partial charge in [-0.15, -0.1) is 0 Å². The molecule has 1 amide bonds. The van der Waals surface area contributed by atoms with E-state index >= 15 is 0 Å². The Balaban J connectivity index is 1.30. The van der Waals surface area contributed by atoms with Crippen LogP contribution in [0.2, 0.25) is 0 Å². The first-order valence-corrected chi connectivity index (χ1v) is 14.2. The van der Waals surface area contributed by atoms with E-state index in [1.54, 1.807) is 24.3 Å². The number of benzene rings is 2. The highest BCUT2D eigenvalue weighted by Gasteiger charge is 2.51. The van der Waals surface area contributed by atoms with E-state index in [1.165, 1.54) is 48.4 Å². The van der Waals surface area contributed by atoms with Crippen LogP contribution in [0.15, 0.2) is 48.5 Å². The highest BCUT2D eigenvalue weighted by atomic mass is 32.2. The lowest BCUT2D eigenvalue weighted by atomic mass is 9.48. The zero-order valence-electron chi connectivity index (χ0n) is 20.0. The van der Waals surface area contributed by atoms with Gasteiger partial charge in [-0.3, -0.25) is 9.10 Å². The molecule has 4 aliphatic carbocycles. The smallest absolute Gasteiger partial charge is 0.245 e. The van der Waals surface area contributed by atoms with Crippen LogP contribution in [-0.4, -0.2) is 33.7 Å². The summed E-state index contributed by atoms with van der Waals surface area (Å²) in [6.45, 7) is 2.20. The van der Waals surface area contributed by atoms with E-state index in [-0.39, 0.29) is 17.9 Å². The molecule has 4 aliphatic rings. The summed E-state index contributed by atoms with van der Waals surface area (Å²) < 4.78 is 31.7. The van der Waals surface area contributed by atoms with Crippen LogP contribution in [0.1, 0.15) is 51.0 Å². The number of nitrogens with zero attached hydrogens (tertiary/aromatic N) is 1. The Morgan fingerprint density at radius 2 is 1.53 bits per heavy atom. The SMILES string of the molecule is CCOc1ccc(NC(=O)CN(c2ccc(C34CC5CC(CC(C5)C3)C4)cc2)S(C)(=O)=O)cc1. The summed E-state index contributed by atoms with van der Waals surface area (Å²) in [4.78, 5) is 12.7. The van der Waals surface area contributed by atoms with E-state index in [1.807, 2.05) is 19.1 Å². The molecule has 4 fully saturated rings. The minimum Gasteiger partial charge on any atom is -0.494 e. The number of amides is 1. The third kappa shape index (κ3) is 4.67. The van der Waals surface area contributed by atoms with Crippen molar-refractivity contribution < 1.29 is 17.9 Å². The van der Waals surface area contributed by atoms with Crippen LogP contribution in [0.5, 0.6) is 5.75 Å². The van der Waals surface area contributed by atoms with Gasteiger partial charge in [0.15, 0.2) is 0 Å². The van der Waals surface area contributed by atoms with Crippen LogP contribution >= 0.6 is 0 Å². The average molecular weight is 483 g/mol. The van der Waals surface area contributed by atoms with Crippen molar-refractivity contribution in [1.82, 2.24) is 0 Å². The molecule has 4 bridgehead atoms. The van der Waals surface area contributed by atoms with Gasteiger partial charge in [0.25, 0.3) is 0 Å². The Morgan fingerprint density at radius 3 is 2.03 bits per heavy atom. The van der Waals surface area contributed by atoms with Crippen molar-refractivity contribution in [3.8, 4) is 5.75 Å². The molecule has 34 heavy (non-hydrogen) atoms. The van der Waals surface area contributed by atoms with Gasteiger partial charge >= 0.3 is 0 Å². The number of carbonyl (C=O) groups excluding carboxylic acids is 1. The Morgan fingerprint density at radius 1 is 0.971 bits per heavy atom. The van der Waals surface area contributed by atoms with Crippen LogP contribution < -0.4 is 14.4 Å². The summed E-state index contributed by atoms with van der Waals surface area (Å²) in [6, 6.07) is 15.0. The molecule has 0 spiro atoms. The summed E-state index contributed by atoms with van der Waals surface area (Å²) in [5, 5.41) is 2.78. The van der Waals surface area contributed by atoms with Crippen molar-refractivity contribution in [2.45, 2.75) is 50.9 Å². The van der Waals surface area contributed by atoms with Crippen LogP contribution in [0, 0.1) is 17.8 Å².